The lowest BCUT2D eigenvalue weighted by atomic mass is 10.1. The summed E-state index contributed by atoms with van der Waals surface area (Å²) >= 11 is 0. The summed E-state index contributed by atoms with van der Waals surface area (Å²) in [7, 11) is 0. The minimum atomic E-state index is -0.411. The van der Waals surface area contributed by atoms with Gasteiger partial charge in [0.25, 0.3) is 5.69 Å². The Bertz CT molecular complexity index is 486. The van der Waals surface area contributed by atoms with Crippen LogP contribution in [0.3, 0.4) is 0 Å². The van der Waals surface area contributed by atoms with Gasteiger partial charge >= 0.3 is 0 Å². The predicted octanol–water partition coefficient (Wildman–Crippen LogP) is 1.35. The molecule has 0 spiro atoms. The van der Waals surface area contributed by atoms with Crippen LogP contribution in [0, 0.1) is 10.1 Å². The molecule has 1 atom stereocenters. The number of nitrogens with zero attached hydrogens (tertiary/aromatic N) is 1. The fraction of sp³-hybridized carbons (Fsp3) is 0.462. The Morgan fingerprint density at radius 1 is 1.47 bits per heavy atom. The fourth-order valence-corrected chi connectivity index (χ4v) is 1.75. The van der Waals surface area contributed by atoms with E-state index in [0.717, 1.165) is 12.8 Å². The second-order valence-electron chi connectivity index (χ2n) is 4.77. The van der Waals surface area contributed by atoms with E-state index < -0.39 is 4.92 Å². The first-order chi connectivity index (χ1) is 9.08. The Labute approximate surface area is 111 Å². The van der Waals surface area contributed by atoms with E-state index in [1.165, 1.54) is 6.07 Å². The molecule has 1 unspecified atom stereocenters. The van der Waals surface area contributed by atoms with Crippen molar-refractivity contribution in [2.24, 2.45) is 0 Å². The number of hydrogen-bond acceptors (Lipinski definition) is 4. The molecule has 0 aliphatic heterocycles. The van der Waals surface area contributed by atoms with E-state index in [-0.39, 0.29) is 17.6 Å². The summed E-state index contributed by atoms with van der Waals surface area (Å²) in [4.78, 5) is 22.2. The van der Waals surface area contributed by atoms with Crippen LogP contribution in [0.15, 0.2) is 24.3 Å². The molecule has 19 heavy (non-hydrogen) atoms. The van der Waals surface area contributed by atoms with E-state index in [1.807, 2.05) is 0 Å². The van der Waals surface area contributed by atoms with Crippen molar-refractivity contribution in [3.05, 3.63) is 39.9 Å². The zero-order valence-corrected chi connectivity index (χ0v) is 10.8. The minimum absolute atomic E-state index is 0.0546. The van der Waals surface area contributed by atoms with Crippen LogP contribution in [0.5, 0.6) is 0 Å². The molecule has 6 nitrogen and oxygen atoms in total. The molecule has 1 amide bonds. The molecular formula is C13H17N3O3. The maximum absolute atomic E-state index is 11.7. The van der Waals surface area contributed by atoms with Crippen LogP contribution < -0.4 is 10.6 Å². The number of amides is 1. The number of carbonyl (C=O) groups is 1. The maximum atomic E-state index is 11.7. The van der Waals surface area contributed by atoms with Crippen molar-refractivity contribution in [3.8, 4) is 0 Å². The molecule has 1 aliphatic rings. The molecule has 102 valence electrons. The SMILES string of the molecule is CC(NCc1ccccc1[N+](=O)[O-])C(=O)NC1CC1. The first-order valence-corrected chi connectivity index (χ1v) is 6.34. The lowest BCUT2D eigenvalue weighted by Gasteiger charge is -2.13. The predicted molar refractivity (Wildman–Crippen MR) is 70.6 cm³/mol. The van der Waals surface area contributed by atoms with Gasteiger partial charge < -0.3 is 10.6 Å². The summed E-state index contributed by atoms with van der Waals surface area (Å²) in [6.07, 6.45) is 2.09. The Morgan fingerprint density at radius 3 is 2.79 bits per heavy atom. The largest absolute Gasteiger partial charge is 0.352 e. The van der Waals surface area contributed by atoms with Crippen molar-refractivity contribution in [1.82, 2.24) is 10.6 Å². The Morgan fingerprint density at radius 2 is 2.16 bits per heavy atom. The van der Waals surface area contributed by atoms with Gasteiger partial charge in [0.1, 0.15) is 0 Å². The van der Waals surface area contributed by atoms with Gasteiger partial charge in [0.15, 0.2) is 0 Å². The standard InChI is InChI=1S/C13H17N3O3/c1-9(13(17)15-11-6-7-11)14-8-10-4-2-3-5-12(10)16(18)19/h2-5,9,11,14H,6-8H2,1H3,(H,15,17). The fourth-order valence-electron chi connectivity index (χ4n) is 1.75. The smallest absolute Gasteiger partial charge is 0.273 e. The van der Waals surface area contributed by atoms with Crippen molar-refractivity contribution in [2.75, 3.05) is 0 Å². The van der Waals surface area contributed by atoms with E-state index >= 15 is 0 Å². The number of para-hydroxylation sites is 1. The summed E-state index contributed by atoms with van der Waals surface area (Å²) in [6, 6.07) is 6.50. The molecule has 0 saturated heterocycles. The highest BCUT2D eigenvalue weighted by Crippen LogP contribution is 2.19. The first-order valence-electron chi connectivity index (χ1n) is 6.34. The minimum Gasteiger partial charge on any atom is -0.352 e. The van der Waals surface area contributed by atoms with Crippen LogP contribution in [0.1, 0.15) is 25.3 Å². The molecule has 1 saturated carbocycles. The highest BCUT2D eigenvalue weighted by atomic mass is 16.6. The number of carbonyl (C=O) groups excluding carboxylic acids is 1. The molecule has 1 aromatic carbocycles. The van der Waals surface area contributed by atoms with Gasteiger partial charge in [0.05, 0.1) is 11.0 Å². The highest BCUT2D eigenvalue weighted by molar-refractivity contribution is 5.81. The molecule has 6 heteroatoms. The van der Waals surface area contributed by atoms with Crippen molar-refractivity contribution in [1.29, 1.82) is 0 Å². The molecule has 1 aromatic rings. The van der Waals surface area contributed by atoms with Gasteiger partial charge in [-0.3, -0.25) is 14.9 Å². The van der Waals surface area contributed by atoms with Crippen molar-refractivity contribution < 1.29 is 9.72 Å². The van der Waals surface area contributed by atoms with Crippen LogP contribution in [0.4, 0.5) is 5.69 Å². The highest BCUT2D eigenvalue weighted by Gasteiger charge is 2.25. The van der Waals surface area contributed by atoms with E-state index in [0.29, 0.717) is 18.2 Å². The lowest BCUT2D eigenvalue weighted by Crippen LogP contribution is -2.42. The second kappa shape index (κ2) is 5.79. The zero-order valence-electron chi connectivity index (χ0n) is 10.8. The molecular weight excluding hydrogens is 246 g/mol. The Hall–Kier alpha value is -1.95. The number of nitrogens with one attached hydrogen (secondary N) is 2. The Kier molecular flexibility index (Phi) is 4.11. The van der Waals surface area contributed by atoms with Crippen LogP contribution >= 0.6 is 0 Å². The normalized spacial score (nSPS) is 15.8. The monoisotopic (exact) mass is 263 g/mol. The summed E-state index contributed by atoms with van der Waals surface area (Å²) in [6.45, 7) is 2.06. The van der Waals surface area contributed by atoms with Gasteiger partial charge in [-0.05, 0) is 19.8 Å². The molecule has 2 N–H and O–H groups in total. The third-order valence-electron chi connectivity index (χ3n) is 3.10. The maximum Gasteiger partial charge on any atom is 0.273 e. The first kappa shape index (κ1) is 13.5. The van der Waals surface area contributed by atoms with Gasteiger partial charge in [-0.2, -0.15) is 0 Å². The van der Waals surface area contributed by atoms with Gasteiger partial charge in [-0.25, -0.2) is 0 Å². The third-order valence-corrected chi connectivity index (χ3v) is 3.10. The molecule has 0 aromatic heterocycles. The molecule has 0 heterocycles. The second-order valence-corrected chi connectivity index (χ2v) is 4.77. The van der Waals surface area contributed by atoms with Gasteiger partial charge in [-0.1, -0.05) is 18.2 Å². The van der Waals surface area contributed by atoms with Crippen LogP contribution in [-0.2, 0) is 11.3 Å². The van der Waals surface area contributed by atoms with E-state index in [9.17, 15) is 14.9 Å². The quantitative estimate of drug-likeness (QED) is 0.599. The average molecular weight is 263 g/mol. The van der Waals surface area contributed by atoms with E-state index in [4.69, 9.17) is 0 Å². The zero-order chi connectivity index (χ0) is 13.8. The molecule has 0 bridgehead atoms. The Balaban J connectivity index is 1.90. The molecule has 1 aliphatic carbocycles. The van der Waals surface area contributed by atoms with Crippen LogP contribution in [-0.4, -0.2) is 22.9 Å². The lowest BCUT2D eigenvalue weighted by molar-refractivity contribution is -0.385. The number of rotatable bonds is 6. The summed E-state index contributed by atoms with van der Waals surface area (Å²) in [5.74, 6) is -0.0546. The van der Waals surface area contributed by atoms with Crippen molar-refractivity contribution in [2.45, 2.75) is 38.4 Å². The van der Waals surface area contributed by atoms with E-state index in [2.05, 4.69) is 10.6 Å². The van der Waals surface area contributed by atoms with Gasteiger partial charge in [0, 0.05) is 24.2 Å². The molecule has 1 fully saturated rings. The van der Waals surface area contributed by atoms with Crippen LogP contribution in [0.2, 0.25) is 0 Å². The summed E-state index contributed by atoms with van der Waals surface area (Å²) in [5.41, 5.74) is 0.656. The molecule has 2 rings (SSSR count). The summed E-state index contributed by atoms with van der Waals surface area (Å²) in [5, 5.41) is 16.8. The van der Waals surface area contributed by atoms with Crippen molar-refractivity contribution in [3.63, 3.8) is 0 Å². The number of benzene rings is 1. The number of nitro benzene ring substituents is 1. The third kappa shape index (κ3) is 3.75. The average Bonchev–Trinajstić information content (AvgIpc) is 3.20. The van der Waals surface area contributed by atoms with Gasteiger partial charge in [0.2, 0.25) is 5.91 Å². The van der Waals surface area contributed by atoms with Crippen molar-refractivity contribution >= 4 is 11.6 Å². The molecule has 0 radical (unpaired) electrons. The topological polar surface area (TPSA) is 84.3 Å². The number of hydrogen-bond donors (Lipinski definition) is 2. The summed E-state index contributed by atoms with van der Waals surface area (Å²) < 4.78 is 0. The number of nitro groups is 1. The van der Waals surface area contributed by atoms with Crippen LogP contribution in [0.25, 0.3) is 0 Å². The van der Waals surface area contributed by atoms with Gasteiger partial charge in [-0.15, -0.1) is 0 Å². The van der Waals surface area contributed by atoms with E-state index in [1.54, 1.807) is 25.1 Å².